The van der Waals surface area contributed by atoms with Crippen LogP contribution in [-0.2, 0) is 16.0 Å². The summed E-state index contributed by atoms with van der Waals surface area (Å²) in [7, 11) is 0. The predicted octanol–water partition coefficient (Wildman–Crippen LogP) is 4.50. The van der Waals surface area contributed by atoms with Gasteiger partial charge in [-0.3, -0.25) is 9.59 Å². The largest absolute Gasteiger partial charge is 0.376 e. The van der Waals surface area contributed by atoms with Crippen LogP contribution in [0, 0.1) is 20.8 Å². The Morgan fingerprint density at radius 1 is 1.28 bits per heavy atom. The molecule has 5 nitrogen and oxygen atoms in total. The first kappa shape index (κ1) is 21.5. The Hall–Kier alpha value is -2.18. The highest BCUT2D eigenvalue weighted by atomic mass is 32.1. The lowest BCUT2D eigenvalue weighted by molar-refractivity contribution is -0.117. The summed E-state index contributed by atoms with van der Waals surface area (Å²) < 4.78 is 5.73. The normalized spacial score (nSPS) is 16.1. The number of aryl methyl sites for hydroxylation is 3. The van der Waals surface area contributed by atoms with Crippen LogP contribution in [-0.4, -0.2) is 42.5 Å². The average molecular weight is 415 g/mol. The van der Waals surface area contributed by atoms with Crippen molar-refractivity contribution in [3.05, 3.63) is 50.7 Å². The van der Waals surface area contributed by atoms with Crippen LogP contribution in [0.1, 0.15) is 51.0 Å². The standard InChI is InChI=1S/C23H30N2O3S/c1-5-18-12-21(29-17(18)4)23(27)25(13-19-9-7-11-28-19)14-22(26)24-20-10-6-8-15(2)16(20)3/h6,8,10,12,19H,5,7,9,11,13-14H2,1-4H3,(H,24,26). The third kappa shape index (κ3) is 5.25. The van der Waals surface area contributed by atoms with Crippen molar-refractivity contribution in [2.45, 2.75) is 53.1 Å². The molecule has 0 radical (unpaired) electrons. The molecule has 1 aromatic heterocycles. The van der Waals surface area contributed by atoms with Crippen molar-refractivity contribution in [3.8, 4) is 0 Å². The number of ether oxygens (including phenoxy) is 1. The number of hydrogen-bond donors (Lipinski definition) is 1. The fraction of sp³-hybridized carbons (Fsp3) is 0.478. The van der Waals surface area contributed by atoms with Gasteiger partial charge in [0.15, 0.2) is 0 Å². The van der Waals surface area contributed by atoms with Crippen molar-refractivity contribution >= 4 is 28.8 Å². The van der Waals surface area contributed by atoms with Gasteiger partial charge >= 0.3 is 0 Å². The molecule has 0 aliphatic carbocycles. The lowest BCUT2D eigenvalue weighted by Crippen LogP contribution is -2.42. The van der Waals surface area contributed by atoms with Gasteiger partial charge < -0.3 is 15.0 Å². The van der Waals surface area contributed by atoms with E-state index in [-0.39, 0.29) is 24.5 Å². The summed E-state index contributed by atoms with van der Waals surface area (Å²) >= 11 is 1.51. The van der Waals surface area contributed by atoms with E-state index in [1.165, 1.54) is 16.9 Å². The third-order valence-corrected chi connectivity index (χ3v) is 6.64. The van der Waals surface area contributed by atoms with E-state index in [9.17, 15) is 9.59 Å². The van der Waals surface area contributed by atoms with Crippen molar-refractivity contribution in [1.82, 2.24) is 4.90 Å². The summed E-state index contributed by atoms with van der Waals surface area (Å²) in [6.07, 6.45) is 2.82. The second kappa shape index (κ2) is 9.55. The van der Waals surface area contributed by atoms with Crippen LogP contribution < -0.4 is 5.32 Å². The van der Waals surface area contributed by atoms with Gasteiger partial charge in [0.2, 0.25) is 5.91 Å². The third-order valence-electron chi connectivity index (χ3n) is 5.56. The zero-order valence-electron chi connectivity index (χ0n) is 17.7. The molecule has 1 unspecified atom stereocenters. The number of carbonyl (C=O) groups is 2. The molecule has 2 heterocycles. The Bertz CT molecular complexity index is 884. The zero-order chi connectivity index (χ0) is 21.0. The smallest absolute Gasteiger partial charge is 0.264 e. The van der Waals surface area contributed by atoms with Gasteiger partial charge in [-0.2, -0.15) is 0 Å². The van der Waals surface area contributed by atoms with E-state index in [1.54, 1.807) is 4.90 Å². The van der Waals surface area contributed by atoms with Crippen molar-refractivity contribution in [1.29, 1.82) is 0 Å². The maximum atomic E-state index is 13.2. The van der Waals surface area contributed by atoms with Crippen LogP contribution in [0.4, 0.5) is 5.69 Å². The molecular weight excluding hydrogens is 384 g/mol. The van der Waals surface area contributed by atoms with E-state index in [0.717, 1.165) is 47.6 Å². The molecule has 0 spiro atoms. The highest BCUT2D eigenvalue weighted by Gasteiger charge is 2.26. The molecule has 1 aromatic carbocycles. The lowest BCUT2D eigenvalue weighted by Gasteiger charge is -2.25. The molecule has 3 rings (SSSR count). The van der Waals surface area contributed by atoms with Gasteiger partial charge in [0.25, 0.3) is 5.91 Å². The first-order chi connectivity index (χ1) is 13.9. The van der Waals surface area contributed by atoms with Crippen molar-refractivity contribution in [2.24, 2.45) is 0 Å². The minimum absolute atomic E-state index is 0.000777. The number of thiophene rings is 1. The molecule has 2 amide bonds. The SMILES string of the molecule is CCc1cc(C(=O)N(CC(=O)Nc2cccc(C)c2C)CC2CCCO2)sc1C. The van der Waals surface area contributed by atoms with Crippen LogP contribution >= 0.6 is 11.3 Å². The van der Waals surface area contributed by atoms with Crippen LogP contribution in [0.15, 0.2) is 24.3 Å². The molecule has 1 saturated heterocycles. The van der Waals surface area contributed by atoms with Gasteiger partial charge in [-0.25, -0.2) is 0 Å². The van der Waals surface area contributed by atoms with E-state index in [2.05, 4.69) is 12.2 Å². The second-order valence-corrected chi connectivity index (χ2v) is 8.92. The lowest BCUT2D eigenvalue weighted by atomic mass is 10.1. The van der Waals surface area contributed by atoms with Crippen LogP contribution in [0.25, 0.3) is 0 Å². The molecule has 156 valence electrons. The van der Waals surface area contributed by atoms with E-state index in [0.29, 0.717) is 11.4 Å². The van der Waals surface area contributed by atoms with E-state index >= 15 is 0 Å². The Kier molecular flexibility index (Phi) is 7.09. The average Bonchev–Trinajstić information content (AvgIpc) is 3.33. The number of amides is 2. The summed E-state index contributed by atoms with van der Waals surface area (Å²) in [6.45, 7) is 9.31. The first-order valence-electron chi connectivity index (χ1n) is 10.2. The van der Waals surface area contributed by atoms with Crippen molar-refractivity contribution in [2.75, 3.05) is 25.0 Å². The van der Waals surface area contributed by atoms with Gasteiger partial charge in [-0.05, 0) is 68.9 Å². The Morgan fingerprint density at radius 2 is 2.07 bits per heavy atom. The fourth-order valence-corrected chi connectivity index (χ4v) is 4.72. The quantitative estimate of drug-likeness (QED) is 0.726. The number of nitrogens with zero attached hydrogens (tertiary/aromatic N) is 1. The molecule has 1 N–H and O–H groups in total. The molecule has 0 bridgehead atoms. The second-order valence-electron chi connectivity index (χ2n) is 7.66. The Balaban J connectivity index is 1.76. The fourth-order valence-electron chi connectivity index (χ4n) is 3.64. The molecular formula is C23H30N2O3S. The molecule has 1 fully saturated rings. The van der Waals surface area contributed by atoms with Gasteiger partial charge in [0.05, 0.1) is 11.0 Å². The number of nitrogens with one attached hydrogen (secondary N) is 1. The number of rotatable bonds is 7. The zero-order valence-corrected chi connectivity index (χ0v) is 18.5. The summed E-state index contributed by atoms with van der Waals surface area (Å²) in [5.74, 6) is -0.279. The summed E-state index contributed by atoms with van der Waals surface area (Å²) in [4.78, 5) is 29.5. The van der Waals surface area contributed by atoms with Crippen LogP contribution in [0.2, 0.25) is 0 Å². The van der Waals surface area contributed by atoms with Crippen molar-refractivity contribution < 1.29 is 14.3 Å². The monoisotopic (exact) mass is 414 g/mol. The summed E-state index contributed by atoms with van der Waals surface area (Å²) in [5, 5.41) is 2.97. The van der Waals surface area contributed by atoms with Gasteiger partial charge in [-0.15, -0.1) is 11.3 Å². The summed E-state index contributed by atoms with van der Waals surface area (Å²) in [6, 6.07) is 7.80. The topological polar surface area (TPSA) is 58.6 Å². The highest BCUT2D eigenvalue weighted by molar-refractivity contribution is 7.14. The van der Waals surface area contributed by atoms with Gasteiger partial charge in [0.1, 0.15) is 6.54 Å². The van der Waals surface area contributed by atoms with Crippen LogP contribution in [0.3, 0.4) is 0 Å². The maximum absolute atomic E-state index is 13.2. The maximum Gasteiger partial charge on any atom is 0.264 e. The molecule has 1 atom stereocenters. The minimum Gasteiger partial charge on any atom is -0.376 e. The molecule has 1 aliphatic rings. The number of carbonyl (C=O) groups excluding carboxylic acids is 2. The van der Waals surface area contributed by atoms with Gasteiger partial charge in [0, 0.05) is 23.7 Å². The number of benzene rings is 1. The number of anilines is 1. The molecule has 0 saturated carbocycles. The van der Waals surface area contributed by atoms with Crippen LogP contribution in [0.5, 0.6) is 0 Å². The molecule has 6 heteroatoms. The Morgan fingerprint density at radius 3 is 2.72 bits per heavy atom. The number of hydrogen-bond acceptors (Lipinski definition) is 4. The Labute approximate surface area is 177 Å². The summed E-state index contributed by atoms with van der Waals surface area (Å²) in [5.41, 5.74) is 4.14. The highest BCUT2D eigenvalue weighted by Crippen LogP contribution is 2.25. The predicted molar refractivity (Wildman–Crippen MR) is 118 cm³/mol. The molecule has 29 heavy (non-hydrogen) atoms. The first-order valence-corrected chi connectivity index (χ1v) is 11.1. The minimum atomic E-state index is -0.186. The van der Waals surface area contributed by atoms with E-state index < -0.39 is 0 Å². The van der Waals surface area contributed by atoms with E-state index in [4.69, 9.17) is 4.74 Å². The van der Waals surface area contributed by atoms with E-state index in [1.807, 2.05) is 45.0 Å². The van der Waals surface area contributed by atoms with Crippen molar-refractivity contribution in [3.63, 3.8) is 0 Å². The molecule has 2 aromatic rings. The molecule has 1 aliphatic heterocycles. The van der Waals surface area contributed by atoms with Gasteiger partial charge in [-0.1, -0.05) is 19.1 Å².